The van der Waals surface area contributed by atoms with E-state index in [1.165, 1.54) is 11.7 Å². The molecule has 2 aromatic heterocycles. The molecule has 1 amide bonds. The number of carbonyl (C=O) groups excluding carboxylic acids is 2. The molecule has 0 aliphatic heterocycles. The molecular formula is C19H21N5O4. The molecule has 0 aliphatic rings. The SMILES string of the molecule is Cc1ccc(-n2nc(C)c(C(=O)O[C@@H](C)C(=O)Nc3cc(C)on3)n2)c(C)c1. The Kier molecular flexibility index (Phi) is 5.25. The van der Waals surface area contributed by atoms with E-state index in [-0.39, 0.29) is 11.5 Å². The quantitative estimate of drug-likeness (QED) is 0.674. The van der Waals surface area contributed by atoms with E-state index in [9.17, 15) is 9.59 Å². The summed E-state index contributed by atoms with van der Waals surface area (Å²) >= 11 is 0. The molecule has 0 bridgehead atoms. The molecule has 3 rings (SSSR count). The van der Waals surface area contributed by atoms with Gasteiger partial charge in [-0.25, -0.2) is 4.79 Å². The van der Waals surface area contributed by atoms with Gasteiger partial charge in [-0.05, 0) is 46.2 Å². The van der Waals surface area contributed by atoms with Gasteiger partial charge in [-0.1, -0.05) is 22.9 Å². The molecule has 1 atom stereocenters. The first-order valence-electron chi connectivity index (χ1n) is 8.71. The number of benzene rings is 1. The zero-order chi connectivity index (χ0) is 20.4. The van der Waals surface area contributed by atoms with Gasteiger partial charge in [0.2, 0.25) is 0 Å². The Morgan fingerprint density at radius 3 is 2.54 bits per heavy atom. The van der Waals surface area contributed by atoms with Crippen molar-refractivity contribution in [2.24, 2.45) is 0 Å². The van der Waals surface area contributed by atoms with Gasteiger partial charge in [0.25, 0.3) is 5.91 Å². The minimum absolute atomic E-state index is 0.0527. The van der Waals surface area contributed by atoms with Gasteiger partial charge in [-0.15, -0.1) is 5.10 Å². The van der Waals surface area contributed by atoms with Crippen molar-refractivity contribution in [1.29, 1.82) is 0 Å². The van der Waals surface area contributed by atoms with Crippen molar-refractivity contribution in [1.82, 2.24) is 20.2 Å². The average molecular weight is 383 g/mol. The third-order valence-electron chi connectivity index (χ3n) is 4.08. The fraction of sp³-hybridized carbons (Fsp3) is 0.316. The van der Waals surface area contributed by atoms with Crippen LogP contribution in [-0.4, -0.2) is 38.1 Å². The lowest BCUT2D eigenvalue weighted by atomic mass is 10.1. The number of rotatable bonds is 5. The van der Waals surface area contributed by atoms with E-state index in [2.05, 4.69) is 20.7 Å². The number of hydrogen-bond acceptors (Lipinski definition) is 7. The van der Waals surface area contributed by atoms with Crippen molar-refractivity contribution in [2.45, 2.75) is 40.7 Å². The van der Waals surface area contributed by atoms with E-state index in [4.69, 9.17) is 9.26 Å². The Hall–Kier alpha value is -3.49. The van der Waals surface area contributed by atoms with Gasteiger partial charge in [-0.2, -0.15) is 9.90 Å². The Morgan fingerprint density at radius 1 is 1.14 bits per heavy atom. The standard InChI is InChI=1S/C19H21N5O4/c1-10-6-7-15(11(2)8-10)24-21-13(4)17(22-24)19(26)27-14(5)18(25)20-16-9-12(3)28-23-16/h6-9,14H,1-5H3,(H,20,23,25)/t14-/m0/s1. The number of ether oxygens (including phenoxy) is 1. The monoisotopic (exact) mass is 383 g/mol. The lowest BCUT2D eigenvalue weighted by Crippen LogP contribution is -2.30. The summed E-state index contributed by atoms with van der Waals surface area (Å²) in [6.07, 6.45) is -1.05. The van der Waals surface area contributed by atoms with Crippen molar-refractivity contribution < 1.29 is 18.8 Å². The van der Waals surface area contributed by atoms with Gasteiger partial charge < -0.3 is 14.6 Å². The summed E-state index contributed by atoms with van der Waals surface area (Å²) in [5.74, 6) is -0.450. The van der Waals surface area contributed by atoms with Crippen LogP contribution in [0.25, 0.3) is 5.69 Å². The third-order valence-corrected chi connectivity index (χ3v) is 4.08. The Labute approximate surface area is 161 Å². The molecule has 0 saturated carbocycles. The van der Waals surface area contributed by atoms with Gasteiger partial charge in [-0.3, -0.25) is 4.79 Å². The predicted octanol–water partition coefficient (Wildman–Crippen LogP) is 2.67. The first-order chi connectivity index (χ1) is 13.2. The topological polar surface area (TPSA) is 112 Å². The molecule has 1 aromatic carbocycles. The lowest BCUT2D eigenvalue weighted by molar-refractivity contribution is -0.123. The highest BCUT2D eigenvalue weighted by Gasteiger charge is 2.24. The molecular weight excluding hydrogens is 362 g/mol. The second-order valence-electron chi connectivity index (χ2n) is 6.57. The molecule has 2 heterocycles. The second kappa shape index (κ2) is 7.63. The normalized spacial score (nSPS) is 11.9. The maximum atomic E-state index is 12.5. The lowest BCUT2D eigenvalue weighted by Gasteiger charge is -2.11. The number of aryl methyl sites for hydroxylation is 4. The van der Waals surface area contributed by atoms with Crippen LogP contribution >= 0.6 is 0 Å². The molecule has 9 heteroatoms. The van der Waals surface area contributed by atoms with E-state index in [1.807, 2.05) is 32.0 Å². The van der Waals surface area contributed by atoms with Crippen molar-refractivity contribution >= 4 is 17.7 Å². The molecule has 3 aromatic rings. The second-order valence-corrected chi connectivity index (χ2v) is 6.57. The molecule has 1 N–H and O–H groups in total. The van der Waals surface area contributed by atoms with E-state index < -0.39 is 18.0 Å². The first kappa shape index (κ1) is 19.3. The van der Waals surface area contributed by atoms with Crippen LogP contribution < -0.4 is 5.32 Å². The Bertz CT molecular complexity index is 1040. The maximum Gasteiger partial charge on any atom is 0.361 e. The van der Waals surface area contributed by atoms with Crippen molar-refractivity contribution in [3.05, 3.63) is 52.5 Å². The Morgan fingerprint density at radius 2 is 1.89 bits per heavy atom. The third kappa shape index (κ3) is 4.08. The van der Waals surface area contributed by atoms with E-state index in [1.54, 1.807) is 19.9 Å². The summed E-state index contributed by atoms with van der Waals surface area (Å²) in [6.45, 7) is 8.76. The van der Waals surface area contributed by atoms with Crippen LogP contribution in [0.1, 0.15) is 40.0 Å². The summed E-state index contributed by atoms with van der Waals surface area (Å²) in [7, 11) is 0. The number of carbonyl (C=O) groups is 2. The molecule has 0 fully saturated rings. The molecule has 0 radical (unpaired) electrons. The maximum absolute atomic E-state index is 12.5. The predicted molar refractivity (Wildman–Crippen MR) is 100 cm³/mol. The number of nitrogens with zero attached hydrogens (tertiary/aromatic N) is 4. The molecule has 0 unspecified atom stereocenters. The summed E-state index contributed by atoms with van der Waals surface area (Å²) < 4.78 is 10.1. The van der Waals surface area contributed by atoms with Crippen molar-refractivity contribution in [3.8, 4) is 5.69 Å². The number of anilines is 1. The zero-order valence-corrected chi connectivity index (χ0v) is 16.3. The summed E-state index contributed by atoms with van der Waals surface area (Å²) in [6, 6.07) is 7.39. The van der Waals surface area contributed by atoms with Gasteiger partial charge >= 0.3 is 5.97 Å². The fourth-order valence-electron chi connectivity index (χ4n) is 2.63. The van der Waals surface area contributed by atoms with Crippen LogP contribution in [0.4, 0.5) is 5.82 Å². The van der Waals surface area contributed by atoms with Gasteiger partial charge in [0.15, 0.2) is 17.6 Å². The van der Waals surface area contributed by atoms with E-state index >= 15 is 0 Å². The fourth-order valence-corrected chi connectivity index (χ4v) is 2.63. The van der Waals surface area contributed by atoms with E-state index in [0.717, 1.165) is 16.8 Å². The zero-order valence-electron chi connectivity index (χ0n) is 16.3. The number of esters is 1. The number of aromatic nitrogens is 4. The minimum atomic E-state index is -1.05. The van der Waals surface area contributed by atoms with Crippen LogP contribution in [0.5, 0.6) is 0 Å². The minimum Gasteiger partial charge on any atom is -0.448 e. The highest BCUT2D eigenvalue weighted by Crippen LogP contribution is 2.16. The highest BCUT2D eigenvalue weighted by molar-refractivity contribution is 5.96. The number of amides is 1. The largest absolute Gasteiger partial charge is 0.448 e. The molecule has 0 spiro atoms. The van der Waals surface area contributed by atoms with Crippen LogP contribution in [0, 0.1) is 27.7 Å². The van der Waals surface area contributed by atoms with E-state index in [0.29, 0.717) is 11.5 Å². The van der Waals surface area contributed by atoms with Crippen molar-refractivity contribution in [2.75, 3.05) is 5.32 Å². The van der Waals surface area contributed by atoms with Crippen LogP contribution in [0.3, 0.4) is 0 Å². The number of nitrogens with one attached hydrogen (secondary N) is 1. The van der Waals surface area contributed by atoms with Crippen LogP contribution in [0.2, 0.25) is 0 Å². The van der Waals surface area contributed by atoms with Crippen LogP contribution in [0.15, 0.2) is 28.8 Å². The van der Waals surface area contributed by atoms with Crippen LogP contribution in [-0.2, 0) is 9.53 Å². The van der Waals surface area contributed by atoms with Gasteiger partial charge in [0.05, 0.1) is 11.4 Å². The van der Waals surface area contributed by atoms with Gasteiger partial charge in [0, 0.05) is 6.07 Å². The molecule has 28 heavy (non-hydrogen) atoms. The molecule has 146 valence electrons. The first-order valence-corrected chi connectivity index (χ1v) is 8.71. The van der Waals surface area contributed by atoms with Crippen molar-refractivity contribution in [3.63, 3.8) is 0 Å². The molecule has 0 aliphatic carbocycles. The number of hydrogen-bond donors (Lipinski definition) is 1. The Balaban J connectivity index is 1.72. The van der Waals surface area contributed by atoms with Gasteiger partial charge in [0.1, 0.15) is 5.76 Å². The summed E-state index contributed by atoms with van der Waals surface area (Å²) in [5, 5.41) is 14.7. The highest BCUT2D eigenvalue weighted by atomic mass is 16.5. The summed E-state index contributed by atoms with van der Waals surface area (Å²) in [4.78, 5) is 26.0. The smallest absolute Gasteiger partial charge is 0.361 e. The summed E-state index contributed by atoms with van der Waals surface area (Å²) in [5.41, 5.74) is 3.32. The molecule has 0 saturated heterocycles. The molecule has 9 nitrogen and oxygen atoms in total. The average Bonchev–Trinajstić information content (AvgIpc) is 3.20.